The van der Waals surface area contributed by atoms with Gasteiger partial charge in [-0.15, -0.1) is 8.20 Å². The molecule has 2 rings (SSSR count). The topological polar surface area (TPSA) is 0 Å². The van der Waals surface area contributed by atoms with E-state index < -0.39 is 0 Å². The van der Waals surface area contributed by atoms with E-state index in [0.717, 1.165) is 11.8 Å². The lowest BCUT2D eigenvalue weighted by molar-refractivity contribution is 0.659. The summed E-state index contributed by atoms with van der Waals surface area (Å²) in [4.78, 5) is 0. The average molecular weight is 124 g/mol. The average Bonchev–Trinajstić information content (AvgIpc) is 2.12. The van der Waals surface area contributed by atoms with Gasteiger partial charge in [0.25, 0.3) is 0 Å². The summed E-state index contributed by atoms with van der Waals surface area (Å²) in [6.07, 6.45) is 7.52. The molecule has 8 heavy (non-hydrogen) atoms. The highest BCUT2D eigenvalue weighted by Gasteiger charge is 2.18. The third kappa shape index (κ3) is 0.641. The normalized spacial score (nSPS) is 43.0. The molecule has 0 saturated carbocycles. The summed E-state index contributed by atoms with van der Waals surface area (Å²) in [5, 5.41) is 0. The zero-order valence-electron chi connectivity index (χ0n) is 4.75. The molecule has 42 valence electrons. The monoisotopic (exact) mass is 124 g/mol. The fourth-order valence-corrected chi connectivity index (χ4v) is 2.54. The Hall–Kier alpha value is -0.0900. The molecule has 0 saturated heterocycles. The molecule has 0 spiro atoms. The lowest BCUT2D eigenvalue weighted by Crippen LogP contribution is -2.04. The van der Waals surface area contributed by atoms with Gasteiger partial charge in [-0.05, 0) is 24.4 Å². The van der Waals surface area contributed by atoms with Crippen LogP contribution in [0.1, 0.15) is 6.42 Å². The second-order valence-corrected chi connectivity index (χ2v) is 3.59. The number of allylic oxidation sites excluding steroid dienone is 2. The van der Waals surface area contributed by atoms with Gasteiger partial charge in [-0.1, -0.05) is 17.9 Å². The van der Waals surface area contributed by atoms with E-state index >= 15 is 0 Å². The Morgan fingerprint density at radius 3 is 3.12 bits per heavy atom. The van der Waals surface area contributed by atoms with Crippen LogP contribution in [0.3, 0.4) is 0 Å². The van der Waals surface area contributed by atoms with E-state index in [-0.39, 0.29) is 0 Å². The number of hydrogen-bond acceptors (Lipinski definition) is 0. The van der Waals surface area contributed by atoms with E-state index in [1.807, 2.05) is 0 Å². The standard InChI is InChI=1S/C7H9P/c1-2-7-3-6(1)4-8-5-7/h1-2,4,6-7H,3,5H2. The zero-order valence-corrected chi connectivity index (χ0v) is 5.64. The van der Waals surface area contributed by atoms with Gasteiger partial charge in [-0.25, -0.2) is 0 Å². The molecule has 1 aliphatic heterocycles. The van der Waals surface area contributed by atoms with Crippen molar-refractivity contribution >= 4 is 14.0 Å². The van der Waals surface area contributed by atoms with E-state index in [4.69, 9.17) is 0 Å². The van der Waals surface area contributed by atoms with Crippen LogP contribution in [-0.4, -0.2) is 12.0 Å². The summed E-state index contributed by atoms with van der Waals surface area (Å²) in [5.41, 5.74) is 0. The van der Waals surface area contributed by atoms with Crippen molar-refractivity contribution in [2.75, 3.05) is 6.16 Å². The summed E-state index contributed by atoms with van der Waals surface area (Å²) in [5.74, 6) is 4.20. The molecule has 2 aliphatic rings. The summed E-state index contributed by atoms with van der Waals surface area (Å²) >= 11 is 0. The van der Waals surface area contributed by atoms with Crippen LogP contribution < -0.4 is 0 Å². The Morgan fingerprint density at radius 1 is 1.38 bits per heavy atom. The maximum Gasteiger partial charge on any atom is -0.000437 e. The molecule has 0 aromatic carbocycles. The van der Waals surface area contributed by atoms with Crippen molar-refractivity contribution in [3.05, 3.63) is 12.2 Å². The van der Waals surface area contributed by atoms with E-state index in [9.17, 15) is 0 Å². The minimum absolute atomic E-state index is 0.843. The minimum Gasteiger partial charge on any atom is -0.108 e. The van der Waals surface area contributed by atoms with Crippen LogP contribution in [0.5, 0.6) is 0 Å². The third-order valence-electron chi connectivity index (χ3n) is 1.84. The molecule has 2 atom stereocenters. The Balaban J connectivity index is 2.28. The lowest BCUT2D eigenvalue weighted by atomic mass is 10.1. The predicted molar refractivity (Wildman–Crippen MR) is 38.6 cm³/mol. The fourth-order valence-electron chi connectivity index (χ4n) is 1.38. The van der Waals surface area contributed by atoms with Crippen LogP contribution in [0.2, 0.25) is 0 Å². The molecule has 1 aliphatic carbocycles. The molecule has 1 heterocycles. The SMILES string of the molecule is C1=CC2CP=CC1C2. The molecule has 0 fully saturated rings. The van der Waals surface area contributed by atoms with Gasteiger partial charge in [0.2, 0.25) is 0 Å². The van der Waals surface area contributed by atoms with E-state index in [2.05, 4.69) is 17.9 Å². The van der Waals surface area contributed by atoms with Gasteiger partial charge in [0.1, 0.15) is 0 Å². The highest BCUT2D eigenvalue weighted by Crippen LogP contribution is 2.30. The van der Waals surface area contributed by atoms with E-state index in [1.165, 1.54) is 12.6 Å². The molecule has 0 aromatic heterocycles. The fraction of sp³-hybridized carbons (Fsp3) is 0.571. The molecule has 0 radical (unpaired) electrons. The largest absolute Gasteiger partial charge is 0.108 e. The van der Waals surface area contributed by atoms with Gasteiger partial charge >= 0.3 is 0 Å². The first-order chi connectivity index (χ1) is 3.95. The van der Waals surface area contributed by atoms with Crippen molar-refractivity contribution in [1.82, 2.24) is 0 Å². The molecule has 0 N–H and O–H groups in total. The Kier molecular flexibility index (Phi) is 1.01. The molecular weight excluding hydrogens is 115 g/mol. The minimum atomic E-state index is 0.843. The van der Waals surface area contributed by atoms with E-state index in [0.29, 0.717) is 0 Å². The van der Waals surface area contributed by atoms with Crippen LogP contribution in [0.15, 0.2) is 12.2 Å². The van der Waals surface area contributed by atoms with Gasteiger partial charge in [0.05, 0.1) is 0 Å². The van der Waals surface area contributed by atoms with Crippen LogP contribution in [0.4, 0.5) is 0 Å². The van der Waals surface area contributed by atoms with Crippen molar-refractivity contribution in [3.8, 4) is 0 Å². The zero-order chi connectivity index (χ0) is 5.40. The highest BCUT2D eigenvalue weighted by molar-refractivity contribution is 7.38. The Morgan fingerprint density at radius 2 is 2.38 bits per heavy atom. The van der Waals surface area contributed by atoms with Crippen molar-refractivity contribution in [3.63, 3.8) is 0 Å². The summed E-state index contributed by atoms with van der Waals surface area (Å²) in [6, 6.07) is 0. The highest BCUT2D eigenvalue weighted by atomic mass is 31.1. The maximum absolute atomic E-state index is 2.42. The van der Waals surface area contributed by atoms with Crippen LogP contribution in [-0.2, 0) is 0 Å². The molecule has 0 amide bonds. The van der Waals surface area contributed by atoms with Crippen molar-refractivity contribution in [2.45, 2.75) is 6.42 Å². The van der Waals surface area contributed by atoms with Crippen LogP contribution in [0.25, 0.3) is 0 Å². The second kappa shape index (κ2) is 1.70. The first kappa shape index (κ1) is 4.76. The third-order valence-corrected chi connectivity index (χ3v) is 3.12. The van der Waals surface area contributed by atoms with E-state index in [1.54, 1.807) is 8.20 Å². The summed E-state index contributed by atoms with van der Waals surface area (Å²) in [6.45, 7) is 0. The van der Waals surface area contributed by atoms with Crippen molar-refractivity contribution in [1.29, 1.82) is 0 Å². The number of rotatable bonds is 0. The first-order valence-electron chi connectivity index (χ1n) is 3.13. The van der Waals surface area contributed by atoms with Gasteiger partial charge in [-0.2, -0.15) is 0 Å². The van der Waals surface area contributed by atoms with Gasteiger partial charge < -0.3 is 0 Å². The van der Waals surface area contributed by atoms with Crippen LogP contribution in [0, 0.1) is 11.8 Å². The van der Waals surface area contributed by atoms with Gasteiger partial charge in [0.15, 0.2) is 0 Å². The van der Waals surface area contributed by atoms with Crippen LogP contribution >= 0.6 is 8.20 Å². The summed E-state index contributed by atoms with van der Waals surface area (Å²) < 4.78 is 0. The number of fused-ring (bicyclic) bond motifs is 2. The number of hydrogen-bond donors (Lipinski definition) is 0. The first-order valence-corrected chi connectivity index (χ1v) is 4.28. The Labute approximate surface area is 51.4 Å². The Bertz CT molecular complexity index is 144. The molecular formula is C7H9P. The smallest absolute Gasteiger partial charge is 0.000437 e. The van der Waals surface area contributed by atoms with Gasteiger partial charge in [0, 0.05) is 0 Å². The molecule has 0 aromatic rings. The predicted octanol–water partition coefficient (Wildman–Crippen LogP) is 1.94. The summed E-state index contributed by atoms with van der Waals surface area (Å²) in [7, 11) is 1.56. The van der Waals surface area contributed by atoms with Crippen molar-refractivity contribution in [2.24, 2.45) is 11.8 Å². The molecule has 2 bridgehead atoms. The second-order valence-electron chi connectivity index (χ2n) is 2.56. The molecule has 0 nitrogen and oxygen atoms in total. The maximum atomic E-state index is 2.42. The molecule has 2 unspecified atom stereocenters. The quantitative estimate of drug-likeness (QED) is 0.342. The molecule has 1 heteroatoms. The van der Waals surface area contributed by atoms with Gasteiger partial charge in [-0.3, -0.25) is 0 Å². The van der Waals surface area contributed by atoms with Crippen molar-refractivity contribution < 1.29 is 0 Å². The lowest BCUT2D eigenvalue weighted by Gasteiger charge is -2.10.